The fourth-order valence-electron chi connectivity index (χ4n) is 1.65. The van der Waals surface area contributed by atoms with Crippen LogP contribution in [0.1, 0.15) is 12.8 Å². The van der Waals surface area contributed by atoms with Gasteiger partial charge in [-0.05, 0) is 18.1 Å². The smallest absolute Gasteiger partial charge is 0.338 e. The Morgan fingerprint density at radius 1 is 1.40 bits per heavy atom. The number of carbonyl (C=O) groups is 2. The molecule has 78 valence electrons. The van der Waals surface area contributed by atoms with Crippen molar-refractivity contribution in [2.45, 2.75) is 12.8 Å². The van der Waals surface area contributed by atoms with Gasteiger partial charge in [0.15, 0.2) is 0 Å². The Kier molecular flexibility index (Phi) is 2.73. The molecule has 0 aromatic heterocycles. The van der Waals surface area contributed by atoms with Gasteiger partial charge in [0, 0.05) is 17.0 Å². The van der Waals surface area contributed by atoms with Gasteiger partial charge < -0.3 is 4.74 Å². The molecule has 2 aliphatic rings. The average molecular weight is 225 g/mol. The lowest BCUT2D eigenvalue weighted by Crippen LogP contribution is -2.20. The fourth-order valence-corrected chi connectivity index (χ4v) is 1.82. The minimum atomic E-state index is -0.574. The van der Waals surface area contributed by atoms with E-state index in [1.165, 1.54) is 6.08 Å². The monoisotopic (exact) mass is 224 g/mol. The second-order valence-electron chi connectivity index (χ2n) is 3.48. The maximum atomic E-state index is 11.0. The van der Waals surface area contributed by atoms with Gasteiger partial charge in [0.25, 0.3) is 0 Å². The van der Waals surface area contributed by atoms with Gasteiger partial charge in [0.1, 0.15) is 0 Å². The van der Waals surface area contributed by atoms with Crippen molar-refractivity contribution in [3.05, 3.63) is 34.9 Å². The van der Waals surface area contributed by atoms with Crippen LogP contribution in [0.15, 0.2) is 34.9 Å². The molecule has 0 aromatic carbocycles. The van der Waals surface area contributed by atoms with Gasteiger partial charge in [-0.2, -0.15) is 0 Å². The van der Waals surface area contributed by atoms with Gasteiger partial charge in [-0.3, -0.25) is 4.79 Å². The summed E-state index contributed by atoms with van der Waals surface area (Å²) < 4.78 is 4.41. The Hall–Kier alpha value is -1.35. The number of carbonyl (C=O) groups excluding carboxylic acids is 2. The molecular weight excluding hydrogens is 216 g/mol. The third-order valence-electron chi connectivity index (χ3n) is 2.40. The number of esters is 2. The summed E-state index contributed by atoms with van der Waals surface area (Å²) in [5, 5.41) is 0.691. The van der Waals surface area contributed by atoms with E-state index < -0.39 is 11.9 Å². The predicted octanol–water partition coefficient (Wildman–Crippen LogP) is 2.09. The first-order valence-electron chi connectivity index (χ1n) is 4.64. The summed E-state index contributed by atoms with van der Waals surface area (Å²) in [7, 11) is 0. The van der Waals surface area contributed by atoms with Crippen molar-refractivity contribution >= 4 is 23.5 Å². The van der Waals surface area contributed by atoms with Crippen molar-refractivity contribution in [1.82, 2.24) is 0 Å². The molecular formula is C11H9ClO3. The van der Waals surface area contributed by atoms with Crippen molar-refractivity contribution in [2.75, 3.05) is 0 Å². The molecule has 1 aliphatic carbocycles. The molecule has 0 amide bonds. The van der Waals surface area contributed by atoms with Crippen molar-refractivity contribution in [3.63, 3.8) is 0 Å². The summed E-state index contributed by atoms with van der Waals surface area (Å²) in [5.41, 5.74) is 0.799. The molecule has 0 N–H and O–H groups in total. The summed E-state index contributed by atoms with van der Waals surface area (Å²) in [6.45, 7) is 0. The zero-order valence-electron chi connectivity index (χ0n) is 7.90. The molecule has 4 heteroatoms. The molecule has 1 heterocycles. The van der Waals surface area contributed by atoms with Gasteiger partial charge in [0.2, 0.25) is 0 Å². The summed E-state index contributed by atoms with van der Waals surface area (Å²) in [4.78, 5) is 22.0. The number of halogens is 1. The van der Waals surface area contributed by atoms with Crippen LogP contribution >= 0.6 is 11.6 Å². The maximum Gasteiger partial charge on any atom is 0.338 e. The zero-order chi connectivity index (χ0) is 10.8. The van der Waals surface area contributed by atoms with Gasteiger partial charge in [-0.1, -0.05) is 23.8 Å². The van der Waals surface area contributed by atoms with E-state index in [1.807, 2.05) is 12.2 Å². The van der Waals surface area contributed by atoms with E-state index in [9.17, 15) is 9.59 Å². The Morgan fingerprint density at radius 2 is 2.20 bits per heavy atom. The van der Waals surface area contributed by atoms with E-state index in [0.717, 1.165) is 12.0 Å². The number of allylic oxidation sites excluding steroid dienone is 4. The highest BCUT2D eigenvalue weighted by Crippen LogP contribution is 2.28. The Morgan fingerprint density at radius 3 is 2.80 bits per heavy atom. The number of ether oxygens (including phenoxy) is 1. The minimum absolute atomic E-state index is 0.0873. The van der Waals surface area contributed by atoms with Gasteiger partial charge in [0.05, 0.1) is 6.42 Å². The first-order valence-corrected chi connectivity index (χ1v) is 5.02. The second-order valence-corrected chi connectivity index (χ2v) is 3.92. The SMILES string of the molecule is O=C1C=C(C2C=CC(Cl)=CC2)CC(=O)O1. The van der Waals surface area contributed by atoms with Gasteiger partial charge in [-0.25, -0.2) is 4.79 Å². The van der Waals surface area contributed by atoms with Crippen LogP contribution < -0.4 is 0 Å². The molecule has 0 aromatic rings. The fraction of sp³-hybridized carbons (Fsp3) is 0.273. The standard InChI is InChI=1S/C11H9ClO3/c12-9-3-1-7(2-4-9)8-5-10(13)15-11(14)6-8/h1,3-5,7H,2,6H2. The van der Waals surface area contributed by atoms with Crippen LogP contribution in [-0.4, -0.2) is 11.9 Å². The maximum absolute atomic E-state index is 11.0. The van der Waals surface area contributed by atoms with Crippen molar-refractivity contribution < 1.29 is 14.3 Å². The molecule has 0 bridgehead atoms. The van der Waals surface area contributed by atoms with Gasteiger partial charge in [-0.15, -0.1) is 0 Å². The molecule has 1 unspecified atom stereocenters. The van der Waals surface area contributed by atoms with Crippen molar-refractivity contribution in [1.29, 1.82) is 0 Å². The molecule has 1 atom stereocenters. The van der Waals surface area contributed by atoms with Crippen LogP contribution in [0, 0.1) is 5.92 Å². The molecule has 2 rings (SSSR count). The number of rotatable bonds is 1. The summed E-state index contributed by atoms with van der Waals surface area (Å²) >= 11 is 5.77. The summed E-state index contributed by atoms with van der Waals surface area (Å²) in [5.74, 6) is -0.967. The van der Waals surface area contributed by atoms with Crippen LogP contribution in [0.25, 0.3) is 0 Å². The van der Waals surface area contributed by atoms with E-state index >= 15 is 0 Å². The summed E-state index contributed by atoms with van der Waals surface area (Å²) in [6, 6.07) is 0. The highest BCUT2D eigenvalue weighted by Gasteiger charge is 2.23. The average Bonchev–Trinajstić information content (AvgIpc) is 2.17. The van der Waals surface area contributed by atoms with Crippen LogP contribution in [0.5, 0.6) is 0 Å². The lowest BCUT2D eigenvalue weighted by atomic mass is 9.89. The highest BCUT2D eigenvalue weighted by atomic mass is 35.5. The highest BCUT2D eigenvalue weighted by molar-refractivity contribution is 6.31. The lowest BCUT2D eigenvalue weighted by molar-refractivity contribution is -0.156. The van der Waals surface area contributed by atoms with Crippen molar-refractivity contribution in [2.24, 2.45) is 5.92 Å². The number of hydrogen-bond donors (Lipinski definition) is 0. The first kappa shape index (κ1) is 10.2. The Balaban J connectivity index is 2.15. The first-order chi connectivity index (χ1) is 7.15. The molecule has 0 spiro atoms. The van der Waals surface area contributed by atoms with Crippen LogP contribution in [0.2, 0.25) is 0 Å². The Bertz CT molecular complexity index is 404. The quantitative estimate of drug-likeness (QED) is 0.506. The molecule has 3 nitrogen and oxygen atoms in total. The predicted molar refractivity (Wildman–Crippen MR) is 55.0 cm³/mol. The topological polar surface area (TPSA) is 43.4 Å². The lowest BCUT2D eigenvalue weighted by Gasteiger charge is -2.19. The molecule has 15 heavy (non-hydrogen) atoms. The summed E-state index contributed by atoms with van der Waals surface area (Å²) in [6.07, 6.45) is 7.86. The van der Waals surface area contributed by atoms with Crippen LogP contribution in [0.4, 0.5) is 0 Å². The molecule has 0 saturated carbocycles. The largest absolute Gasteiger partial charge is 0.390 e. The Labute approximate surface area is 92.0 Å². The zero-order valence-corrected chi connectivity index (χ0v) is 8.66. The van der Waals surface area contributed by atoms with E-state index in [2.05, 4.69) is 4.74 Å². The van der Waals surface area contributed by atoms with E-state index in [-0.39, 0.29) is 12.3 Å². The third kappa shape index (κ3) is 2.36. The van der Waals surface area contributed by atoms with Crippen molar-refractivity contribution in [3.8, 4) is 0 Å². The van der Waals surface area contributed by atoms with E-state index in [1.54, 1.807) is 6.08 Å². The molecule has 0 saturated heterocycles. The van der Waals surface area contributed by atoms with E-state index in [0.29, 0.717) is 5.03 Å². The molecule has 1 aliphatic heterocycles. The second kappa shape index (κ2) is 4.03. The van der Waals surface area contributed by atoms with Crippen LogP contribution in [0.3, 0.4) is 0 Å². The number of hydrogen-bond acceptors (Lipinski definition) is 3. The van der Waals surface area contributed by atoms with E-state index in [4.69, 9.17) is 11.6 Å². The third-order valence-corrected chi connectivity index (χ3v) is 2.68. The molecule has 0 radical (unpaired) electrons. The molecule has 0 fully saturated rings. The minimum Gasteiger partial charge on any atom is -0.390 e. The van der Waals surface area contributed by atoms with Gasteiger partial charge >= 0.3 is 11.9 Å². The number of cyclic esters (lactones) is 2. The van der Waals surface area contributed by atoms with Crippen LogP contribution in [-0.2, 0) is 14.3 Å². The normalized spacial score (nSPS) is 25.8.